The van der Waals surface area contributed by atoms with Crippen molar-refractivity contribution in [3.8, 4) is 0 Å². The molecule has 1 amide bonds. The van der Waals surface area contributed by atoms with Crippen LogP contribution in [0.4, 0.5) is 0 Å². The molecule has 2 aromatic heterocycles. The van der Waals surface area contributed by atoms with Gasteiger partial charge in [-0.25, -0.2) is 4.98 Å². The third kappa shape index (κ3) is 3.86. The van der Waals surface area contributed by atoms with E-state index >= 15 is 0 Å². The predicted molar refractivity (Wildman–Crippen MR) is 99.5 cm³/mol. The first kappa shape index (κ1) is 16.6. The molecule has 1 atom stereocenters. The molecular formula is C20H21N5O. The predicted octanol–water partition coefficient (Wildman–Crippen LogP) is 2.42. The lowest BCUT2D eigenvalue weighted by molar-refractivity contribution is 0.0895. The maximum Gasteiger partial charge on any atom is 0.271 e. The summed E-state index contributed by atoms with van der Waals surface area (Å²) in [5.74, 6) is -0.156. The first-order chi connectivity index (χ1) is 12.8. The van der Waals surface area contributed by atoms with Crippen LogP contribution in [0.25, 0.3) is 11.0 Å². The highest BCUT2D eigenvalue weighted by Crippen LogP contribution is 2.14. The van der Waals surface area contributed by atoms with Crippen LogP contribution in [0.3, 0.4) is 0 Å². The number of pyridine rings is 1. The van der Waals surface area contributed by atoms with Gasteiger partial charge in [-0.05, 0) is 43.1 Å². The van der Waals surface area contributed by atoms with Crippen LogP contribution in [0.15, 0.2) is 55.0 Å². The number of nitrogens with one attached hydrogen (secondary N) is 1. The lowest BCUT2D eigenvalue weighted by Gasteiger charge is -2.33. The quantitative estimate of drug-likeness (QED) is 0.785. The van der Waals surface area contributed by atoms with E-state index in [9.17, 15) is 4.79 Å². The van der Waals surface area contributed by atoms with Gasteiger partial charge in [0.2, 0.25) is 0 Å². The number of likely N-dealkylation sites (tertiary alicyclic amines) is 1. The van der Waals surface area contributed by atoms with Gasteiger partial charge in [0.05, 0.1) is 17.2 Å². The Labute approximate surface area is 152 Å². The van der Waals surface area contributed by atoms with Crippen LogP contribution in [0.1, 0.15) is 28.9 Å². The van der Waals surface area contributed by atoms with Gasteiger partial charge in [0.15, 0.2) is 0 Å². The Morgan fingerprint density at radius 2 is 2.04 bits per heavy atom. The van der Waals surface area contributed by atoms with Crippen molar-refractivity contribution in [1.29, 1.82) is 0 Å². The minimum absolute atomic E-state index is 0.126. The summed E-state index contributed by atoms with van der Waals surface area (Å²) in [5, 5.41) is 3.12. The lowest BCUT2D eigenvalue weighted by atomic mass is 10.0. The Morgan fingerprint density at radius 3 is 2.88 bits per heavy atom. The molecule has 1 aliphatic heterocycles. The van der Waals surface area contributed by atoms with E-state index in [1.54, 1.807) is 12.4 Å². The van der Waals surface area contributed by atoms with E-state index in [4.69, 9.17) is 0 Å². The molecule has 1 aromatic carbocycles. The Hall–Kier alpha value is -2.86. The van der Waals surface area contributed by atoms with Gasteiger partial charge < -0.3 is 5.32 Å². The summed E-state index contributed by atoms with van der Waals surface area (Å²) in [5.41, 5.74) is 3.10. The van der Waals surface area contributed by atoms with Crippen molar-refractivity contribution >= 4 is 16.9 Å². The summed E-state index contributed by atoms with van der Waals surface area (Å²) in [6, 6.07) is 11.7. The maximum atomic E-state index is 12.6. The monoisotopic (exact) mass is 347 g/mol. The number of amides is 1. The number of benzene rings is 1. The molecular weight excluding hydrogens is 326 g/mol. The van der Waals surface area contributed by atoms with Crippen molar-refractivity contribution < 1.29 is 4.79 Å². The number of fused-ring (bicyclic) bond motifs is 1. The molecule has 0 aliphatic carbocycles. The third-order valence-corrected chi connectivity index (χ3v) is 4.65. The topological polar surface area (TPSA) is 71.0 Å². The van der Waals surface area contributed by atoms with Crippen molar-refractivity contribution in [3.05, 3.63) is 66.2 Å². The van der Waals surface area contributed by atoms with E-state index in [0.29, 0.717) is 5.69 Å². The number of carbonyl (C=O) groups is 1. The number of piperidine rings is 1. The number of hydrogen-bond donors (Lipinski definition) is 1. The van der Waals surface area contributed by atoms with Crippen LogP contribution in [0.2, 0.25) is 0 Å². The van der Waals surface area contributed by atoms with Gasteiger partial charge in [0.1, 0.15) is 5.69 Å². The number of carbonyl (C=O) groups excluding carboxylic acids is 1. The molecule has 0 unspecified atom stereocenters. The van der Waals surface area contributed by atoms with E-state index in [1.165, 1.54) is 5.56 Å². The van der Waals surface area contributed by atoms with Crippen molar-refractivity contribution in [1.82, 2.24) is 25.2 Å². The van der Waals surface area contributed by atoms with Gasteiger partial charge in [-0.15, -0.1) is 0 Å². The fourth-order valence-corrected chi connectivity index (χ4v) is 3.39. The van der Waals surface area contributed by atoms with Crippen LogP contribution in [-0.4, -0.2) is 44.9 Å². The Kier molecular flexibility index (Phi) is 4.84. The van der Waals surface area contributed by atoms with E-state index < -0.39 is 0 Å². The summed E-state index contributed by atoms with van der Waals surface area (Å²) < 4.78 is 0. The highest BCUT2D eigenvalue weighted by molar-refractivity contribution is 5.93. The molecule has 3 heterocycles. The Balaban J connectivity index is 1.40. The molecule has 26 heavy (non-hydrogen) atoms. The molecule has 1 N–H and O–H groups in total. The molecule has 0 saturated carbocycles. The molecule has 0 spiro atoms. The average molecular weight is 347 g/mol. The van der Waals surface area contributed by atoms with Gasteiger partial charge >= 0.3 is 0 Å². The standard InChI is InChI=1S/C20H21N5O/c26-20(19-12-22-17-7-1-2-8-18(17)24-19)23-16-6-4-10-25(14-16)13-15-5-3-9-21-11-15/h1-3,5,7-9,11-12,16H,4,6,10,13-14H2,(H,23,26)/t16-/m0/s1. The minimum atomic E-state index is -0.156. The molecule has 1 fully saturated rings. The summed E-state index contributed by atoms with van der Waals surface area (Å²) in [6.07, 6.45) is 7.28. The molecule has 0 radical (unpaired) electrons. The molecule has 3 aromatic rings. The zero-order chi connectivity index (χ0) is 17.8. The summed E-state index contributed by atoms with van der Waals surface area (Å²) in [6.45, 7) is 2.73. The summed E-state index contributed by atoms with van der Waals surface area (Å²) >= 11 is 0. The van der Waals surface area contributed by atoms with E-state index in [1.807, 2.05) is 36.5 Å². The SMILES string of the molecule is O=C(N[C@H]1CCCN(Cc2cccnc2)C1)c1cnc2ccccc2n1. The minimum Gasteiger partial charge on any atom is -0.347 e. The van der Waals surface area contributed by atoms with Crippen LogP contribution in [0.5, 0.6) is 0 Å². The van der Waals surface area contributed by atoms with Crippen LogP contribution < -0.4 is 5.32 Å². The Bertz CT molecular complexity index is 899. The first-order valence-corrected chi connectivity index (χ1v) is 8.92. The molecule has 6 nitrogen and oxygen atoms in total. The highest BCUT2D eigenvalue weighted by atomic mass is 16.2. The maximum absolute atomic E-state index is 12.6. The number of rotatable bonds is 4. The van der Waals surface area contributed by atoms with Gasteiger partial charge in [-0.1, -0.05) is 18.2 Å². The second kappa shape index (κ2) is 7.58. The van der Waals surface area contributed by atoms with Crippen molar-refractivity contribution in [2.24, 2.45) is 0 Å². The third-order valence-electron chi connectivity index (χ3n) is 4.65. The summed E-state index contributed by atoms with van der Waals surface area (Å²) in [7, 11) is 0. The number of hydrogen-bond acceptors (Lipinski definition) is 5. The highest BCUT2D eigenvalue weighted by Gasteiger charge is 2.22. The fourth-order valence-electron chi connectivity index (χ4n) is 3.39. The van der Waals surface area contributed by atoms with Crippen LogP contribution in [0, 0.1) is 0 Å². The van der Waals surface area contributed by atoms with Crippen molar-refractivity contribution in [2.45, 2.75) is 25.4 Å². The second-order valence-corrected chi connectivity index (χ2v) is 6.65. The van der Waals surface area contributed by atoms with Crippen LogP contribution in [-0.2, 0) is 6.54 Å². The van der Waals surface area contributed by atoms with E-state index in [-0.39, 0.29) is 11.9 Å². The Morgan fingerprint density at radius 1 is 1.15 bits per heavy atom. The molecule has 4 rings (SSSR count). The molecule has 6 heteroatoms. The zero-order valence-corrected chi connectivity index (χ0v) is 14.5. The lowest BCUT2D eigenvalue weighted by Crippen LogP contribution is -2.47. The second-order valence-electron chi connectivity index (χ2n) is 6.65. The molecule has 1 aliphatic rings. The summed E-state index contributed by atoms with van der Waals surface area (Å²) in [4.78, 5) is 27.9. The number of para-hydroxylation sites is 2. The van der Waals surface area contributed by atoms with Gasteiger partial charge in [-0.2, -0.15) is 0 Å². The van der Waals surface area contributed by atoms with E-state index in [2.05, 4.69) is 31.2 Å². The molecule has 1 saturated heterocycles. The van der Waals surface area contributed by atoms with Gasteiger partial charge in [0, 0.05) is 31.5 Å². The van der Waals surface area contributed by atoms with Crippen molar-refractivity contribution in [3.63, 3.8) is 0 Å². The van der Waals surface area contributed by atoms with Crippen LogP contribution >= 0.6 is 0 Å². The average Bonchev–Trinajstić information content (AvgIpc) is 2.68. The fraction of sp³-hybridized carbons (Fsp3) is 0.300. The number of nitrogens with zero attached hydrogens (tertiary/aromatic N) is 4. The smallest absolute Gasteiger partial charge is 0.271 e. The normalized spacial score (nSPS) is 17.9. The van der Waals surface area contributed by atoms with Crippen molar-refractivity contribution in [2.75, 3.05) is 13.1 Å². The van der Waals surface area contributed by atoms with Gasteiger partial charge in [0.25, 0.3) is 5.91 Å². The number of aromatic nitrogens is 3. The molecule has 132 valence electrons. The largest absolute Gasteiger partial charge is 0.347 e. The first-order valence-electron chi connectivity index (χ1n) is 8.92. The molecule has 0 bridgehead atoms. The zero-order valence-electron chi connectivity index (χ0n) is 14.5. The van der Waals surface area contributed by atoms with E-state index in [0.717, 1.165) is 43.5 Å². The van der Waals surface area contributed by atoms with Gasteiger partial charge in [-0.3, -0.25) is 19.7 Å².